The van der Waals surface area contributed by atoms with Gasteiger partial charge in [-0.1, -0.05) is 6.58 Å². The molecule has 0 aromatic heterocycles. The quantitative estimate of drug-likeness (QED) is 0.489. The van der Waals surface area contributed by atoms with E-state index >= 15 is 0 Å². The van der Waals surface area contributed by atoms with E-state index in [-0.39, 0.29) is 0 Å². The summed E-state index contributed by atoms with van der Waals surface area (Å²) < 4.78 is 0. The predicted octanol–water partition coefficient (Wildman–Crippen LogP) is 1.86. The van der Waals surface area contributed by atoms with E-state index in [0.717, 1.165) is 24.8 Å². The molecule has 0 radical (unpaired) electrons. The molecule has 0 aliphatic carbocycles. The zero-order valence-corrected chi connectivity index (χ0v) is 8.62. The number of carbonyl (C=O) groups is 1. The van der Waals surface area contributed by atoms with Crippen molar-refractivity contribution in [3.05, 3.63) is 12.2 Å². The van der Waals surface area contributed by atoms with Crippen LogP contribution in [-0.4, -0.2) is 30.3 Å². The van der Waals surface area contributed by atoms with Crippen molar-refractivity contribution < 1.29 is 4.79 Å². The first-order valence-electron chi connectivity index (χ1n) is 5.03. The molecule has 0 N–H and O–H groups in total. The average molecular weight is 181 g/mol. The van der Waals surface area contributed by atoms with Gasteiger partial charge in [-0.25, -0.2) is 0 Å². The smallest absolute Gasteiger partial charge is 0.145 e. The number of rotatable bonds is 3. The maximum Gasteiger partial charge on any atom is 0.145 e. The Morgan fingerprint density at radius 2 is 2.31 bits per heavy atom. The third-order valence-electron chi connectivity index (χ3n) is 2.86. The number of piperidine rings is 1. The van der Waals surface area contributed by atoms with Crippen molar-refractivity contribution in [3.63, 3.8) is 0 Å². The van der Waals surface area contributed by atoms with E-state index in [1.165, 1.54) is 13.0 Å². The van der Waals surface area contributed by atoms with E-state index in [1.54, 1.807) is 0 Å². The molecule has 1 unspecified atom stereocenters. The molecule has 0 bridgehead atoms. The summed E-state index contributed by atoms with van der Waals surface area (Å²) in [6.07, 6.45) is 3.23. The average Bonchev–Trinajstić information content (AvgIpc) is 2.17. The van der Waals surface area contributed by atoms with Gasteiger partial charge in [0.1, 0.15) is 6.29 Å². The molecule has 0 aromatic carbocycles. The molecule has 0 amide bonds. The van der Waals surface area contributed by atoms with E-state index in [1.807, 2.05) is 0 Å². The van der Waals surface area contributed by atoms with Crippen molar-refractivity contribution in [1.29, 1.82) is 0 Å². The molecule has 2 heteroatoms. The van der Waals surface area contributed by atoms with Gasteiger partial charge in [-0.2, -0.15) is 0 Å². The van der Waals surface area contributed by atoms with Crippen molar-refractivity contribution >= 4 is 6.29 Å². The van der Waals surface area contributed by atoms with Crippen molar-refractivity contribution in [2.75, 3.05) is 13.1 Å². The van der Waals surface area contributed by atoms with Crippen molar-refractivity contribution in [1.82, 2.24) is 4.90 Å². The van der Waals surface area contributed by atoms with Gasteiger partial charge in [0.15, 0.2) is 0 Å². The first-order valence-corrected chi connectivity index (χ1v) is 5.03. The Morgan fingerprint density at radius 1 is 1.62 bits per heavy atom. The summed E-state index contributed by atoms with van der Waals surface area (Å²) in [6.45, 7) is 10.4. The highest BCUT2D eigenvalue weighted by Crippen LogP contribution is 2.22. The molecule has 1 atom stereocenters. The maximum absolute atomic E-state index is 10.6. The van der Waals surface area contributed by atoms with Gasteiger partial charge < -0.3 is 4.90 Å². The van der Waals surface area contributed by atoms with Crippen LogP contribution in [0.1, 0.15) is 26.7 Å². The summed E-state index contributed by atoms with van der Waals surface area (Å²) >= 11 is 0. The van der Waals surface area contributed by atoms with E-state index in [0.29, 0.717) is 12.0 Å². The first kappa shape index (κ1) is 10.5. The van der Waals surface area contributed by atoms with Gasteiger partial charge in [-0.15, -0.1) is 0 Å². The lowest BCUT2D eigenvalue weighted by Crippen LogP contribution is -2.40. The molecule has 1 rings (SSSR count). The van der Waals surface area contributed by atoms with Crippen LogP contribution in [0.25, 0.3) is 0 Å². The normalized spacial score (nSPS) is 24.7. The number of aldehydes is 1. The molecule has 2 nitrogen and oxygen atoms in total. The van der Waals surface area contributed by atoms with E-state index in [4.69, 9.17) is 0 Å². The Hall–Kier alpha value is -0.630. The van der Waals surface area contributed by atoms with Gasteiger partial charge in [-0.05, 0) is 44.7 Å². The molecule has 13 heavy (non-hydrogen) atoms. The fourth-order valence-corrected chi connectivity index (χ4v) is 1.87. The van der Waals surface area contributed by atoms with Gasteiger partial charge in [0, 0.05) is 12.6 Å². The third kappa shape index (κ3) is 2.66. The van der Waals surface area contributed by atoms with Crippen LogP contribution < -0.4 is 0 Å². The number of hydrogen-bond acceptors (Lipinski definition) is 2. The topological polar surface area (TPSA) is 20.3 Å². The second kappa shape index (κ2) is 4.56. The van der Waals surface area contributed by atoms with Crippen LogP contribution in [0.15, 0.2) is 12.2 Å². The highest BCUT2D eigenvalue weighted by molar-refractivity contribution is 5.72. The molecule has 1 saturated heterocycles. The molecule has 1 aliphatic heterocycles. The molecule has 0 aromatic rings. The van der Waals surface area contributed by atoms with Crippen LogP contribution in [0.4, 0.5) is 0 Å². The highest BCUT2D eigenvalue weighted by atomic mass is 16.1. The van der Waals surface area contributed by atoms with E-state index < -0.39 is 0 Å². The molecule has 0 saturated carbocycles. The first-order chi connectivity index (χ1) is 6.15. The summed E-state index contributed by atoms with van der Waals surface area (Å²) in [4.78, 5) is 13.0. The fourth-order valence-electron chi connectivity index (χ4n) is 1.87. The summed E-state index contributed by atoms with van der Waals surface area (Å²) in [5, 5.41) is 0. The summed E-state index contributed by atoms with van der Waals surface area (Å²) in [6, 6.07) is 0.585. The summed E-state index contributed by atoms with van der Waals surface area (Å²) in [5.41, 5.74) is 0.769. The van der Waals surface area contributed by atoms with Crippen molar-refractivity contribution in [2.24, 2.45) is 5.92 Å². The van der Waals surface area contributed by atoms with Crippen molar-refractivity contribution in [2.45, 2.75) is 32.7 Å². The lowest BCUT2D eigenvalue weighted by Gasteiger charge is -2.35. The van der Waals surface area contributed by atoms with Crippen LogP contribution in [0, 0.1) is 5.92 Å². The molecular weight excluding hydrogens is 162 g/mol. The number of carbonyl (C=O) groups excluding carboxylic acids is 1. The zero-order valence-electron chi connectivity index (χ0n) is 8.62. The van der Waals surface area contributed by atoms with Gasteiger partial charge in [0.2, 0.25) is 0 Å². The molecule has 1 heterocycles. The predicted molar refractivity (Wildman–Crippen MR) is 54.6 cm³/mol. The lowest BCUT2D eigenvalue weighted by molar-refractivity contribution is -0.105. The minimum atomic E-state index is 0.397. The Labute approximate surface area is 80.6 Å². The van der Waals surface area contributed by atoms with Gasteiger partial charge in [-0.3, -0.25) is 4.79 Å². The Kier molecular flexibility index (Phi) is 3.67. The third-order valence-corrected chi connectivity index (χ3v) is 2.86. The molecule has 0 spiro atoms. The van der Waals surface area contributed by atoms with Crippen LogP contribution in [0.2, 0.25) is 0 Å². The Morgan fingerprint density at radius 3 is 2.85 bits per heavy atom. The molecule has 74 valence electrons. The zero-order chi connectivity index (χ0) is 9.84. The number of nitrogens with zero attached hydrogens (tertiary/aromatic N) is 1. The molecule has 1 fully saturated rings. The highest BCUT2D eigenvalue weighted by Gasteiger charge is 2.22. The van der Waals surface area contributed by atoms with Gasteiger partial charge >= 0.3 is 0 Å². The minimum Gasteiger partial charge on any atom is -0.300 e. The monoisotopic (exact) mass is 181 g/mol. The van der Waals surface area contributed by atoms with E-state index in [2.05, 4.69) is 25.3 Å². The van der Waals surface area contributed by atoms with Crippen LogP contribution >= 0.6 is 0 Å². The van der Waals surface area contributed by atoms with Crippen molar-refractivity contribution in [3.8, 4) is 0 Å². The second-order valence-electron chi connectivity index (χ2n) is 4.12. The second-order valence-corrected chi connectivity index (χ2v) is 4.12. The van der Waals surface area contributed by atoms with Crippen LogP contribution in [0.3, 0.4) is 0 Å². The van der Waals surface area contributed by atoms with Crippen LogP contribution in [-0.2, 0) is 4.79 Å². The van der Waals surface area contributed by atoms with Gasteiger partial charge in [0.25, 0.3) is 0 Å². The minimum absolute atomic E-state index is 0.397. The SMILES string of the molecule is C=C(C=O)C1CCCN(C(C)C)C1. The Balaban J connectivity index is 2.51. The van der Waals surface area contributed by atoms with Gasteiger partial charge in [0.05, 0.1) is 0 Å². The molecular formula is C11H19NO. The largest absolute Gasteiger partial charge is 0.300 e. The summed E-state index contributed by atoms with van der Waals surface area (Å²) in [5.74, 6) is 0.397. The number of likely N-dealkylation sites (tertiary alicyclic amines) is 1. The van der Waals surface area contributed by atoms with E-state index in [9.17, 15) is 4.79 Å². The lowest BCUT2D eigenvalue weighted by atomic mass is 9.91. The fraction of sp³-hybridized carbons (Fsp3) is 0.727. The maximum atomic E-state index is 10.6. The Bertz CT molecular complexity index is 198. The van der Waals surface area contributed by atoms with Crippen LogP contribution in [0.5, 0.6) is 0 Å². The number of hydrogen-bond donors (Lipinski definition) is 0. The summed E-state index contributed by atoms with van der Waals surface area (Å²) in [7, 11) is 0. The molecule has 1 aliphatic rings. The standard InChI is InChI=1S/C11H19NO/c1-9(2)12-6-4-5-11(7-12)10(3)8-13/h8-9,11H,3-7H2,1-2H3.